The Kier molecular flexibility index (Phi) is 2.91. The van der Waals surface area contributed by atoms with Gasteiger partial charge in [-0.05, 0) is 6.92 Å². The van der Waals surface area contributed by atoms with Crippen molar-refractivity contribution >= 4 is 11.6 Å². The summed E-state index contributed by atoms with van der Waals surface area (Å²) in [7, 11) is 1.71. The average molecular weight is 194 g/mol. The lowest BCUT2D eigenvalue weighted by Gasteiger charge is -2.02. The van der Waals surface area contributed by atoms with Crippen LogP contribution in [-0.4, -0.2) is 22.2 Å². The molecule has 1 aromatic rings. The van der Waals surface area contributed by atoms with E-state index >= 15 is 0 Å². The van der Waals surface area contributed by atoms with Gasteiger partial charge in [-0.2, -0.15) is 5.10 Å². The van der Waals surface area contributed by atoms with Gasteiger partial charge in [0.2, 0.25) is 0 Å². The highest BCUT2D eigenvalue weighted by Gasteiger charge is 2.12. The van der Waals surface area contributed by atoms with Crippen LogP contribution in [0.1, 0.15) is 17.4 Å². The number of hydrogen-bond donors (Lipinski definition) is 2. The lowest BCUT2D eigenvalue weighted by atomic mass is 10.3. The number of amides is 1. The number of rotatable bonds is 3. The second kappa shape index (κ2) is 3.95. The van der Waals surface area contributed by atoms with Crippen LogP contribution in [0.4, 0.5) is 5.69 Å². The van der Waals surface area contributed by atoms with Gasteiger partial charge in [0.25, 0.3) is 5.91 Å². The zero-order valence-electron chi connectivity index (χ0n) is 8.37. The Labute approximate surface area is 82.6 Å². The highest BCUT2D eigenvalue weighted by Crippen LogP contribution is 2.07. The number of nitrogens with zero attached hydrogens (tertiary/aromatic N) is 2. The summed E-state index contributed by atoms with van der Waals surface area (Å²) in [5, 5.41) is 6.60. The summed E-state index contributed by atoms with van der Waals surface area (Å²) >= 11 is 0. The minimum atomic E-state index is -0.272. The van der Waals surface area contributed by atoms with Crippen LogP contribution in [0.25, 0.3) is 0 Å². The Morgan fingerprint density at radius 3 is 2.86 bits per heavy atom. The van der Waals surface area contributed by atoms with Crippen LogP contribution in [0.15, 0.2) is 18.3 Å². The molecule has 0 saturated heterocycles. The predicted octanol–water partition coefficient (Wildman–Crippen LogP) is 0.308. The summed E-state index contributed by atoms with van der Waals surface area (Å²) in [5.74, 6) is -0.272. The molecule has 5 nitrogen and oxygen atoms in total. The molecule has 0 aliphatic carbocycles. The van der Waals surface area contributed by atoms with Gasteiger partial charge < -0.3 is 11.1 Å². The topological polar surface area (TPSA) is 72.9 Å². The van der Waals surface area contributed by atoms with Crippen LogP contribution in [0.3, 0.4) is 0 Å². The number of hydrogen-bond acceptors (Lipinski definition) is 3. The van der Waals surface area contributed by atoms with E-state index in [9.17, 15) is 4.79 Å². The van der Waals surface area contributed by atoms with Crippen molar-refractivity contribution in [2.45, 2.75) is 6.92 Å². The molecule has 0 unspecified atom stereocenters. The normalized spacial score (nSPS) is 9.86. The van der Waals surface area contributed by atoms with Crippen molar-refractivity contribution in [1.29, 1.82) is 0 Å². The van der Waals surface area contributed by atoms with Crippen molar-refractivity contribution in [3.05, 3.63) is 24.0 Å². The third-order valence-corrected chi connectivity index (χ3v) is 1.62. The maximum Gasteiger partial charge on any atom is 0.274 e. The largest absolute Gasteiger partial charge is 0.396 e. The van der Waals surface area contributed by atoms with Gasteiger partial charge in [0.05, 0.1) is 5.69 Å². The van der Waals surface area contributed by atoms with Crippen molar-refractivity contribution in [2.24, 2.45) is 7.05 Å². The van der Waals surface area contributed by atoms with Crippen LogP contribution >= 0.6 is 0 Å². The number of anilines is 1. The fraction of sp³-hybridized carbons (Fsp3) is 0.333. The lowest BCUT2D eigenvalue weighted by Crippen LogP contribution is -2.26. The van der Waals surface area contributed by atoms with E-state index in [1.54, 1.807) is 13.2 Å². The summed E-state index contributed by atoms with van der Waals surface area (Å²) in [4.78, 5) is 11.5. The molecule has 76 valence electrons. The Bertz CT molecular complexity index is 367. The molecule has 3 N–H and O–H groups in total. The van der Waals surface area contributed by atoms with Gasteiger partial charge in [0.1, 0.15) is 0 Å². The first kappa shape index (κ1) is 10.3. The third-order valence-electron chi connectivity index (χ3n) is 1.62. The predicted molar refractivity (Wildman–Crippen MR) is 54.8 cm³/mol. The number of nitrogens with two attached hydrogens (primary N) is 1. The first-order valence-electron chi connectivity index (χ1n) is 4.22. The molecule has 5 heteroatoms. The van der Waals surface area contributed by atoms with Gasteiger partial charge in [0, 0.05) is 19.8 Å². The Hall–Kier alpha value is -1.78. The van der Waals surface area contributed by atoms with E-state index in [1.165, 1.54) is 4.68 Å². The molecule has 0 radical (unpaired) electrons. The first-order chi connectivity index (χ1) is 6.50. The second-order valence-electron chi connectivity index (χ2n) is 3.25. The molecule has 0 fully saturated rings. The zero-order valence-corrected chi connectivity index (χ0v) is 8.37. The zero-order chi connectivity index (χ0) is 10.7. The molecule has 0 aromatic carbocycles. The summed E-state index contributed by atoms with van der Waals surface area (Å²) in [6.45, 7) is 5.95. The smallest absolute Gasteiger partial charge is 0.274 e. The highest BCUT2D eigenvalue weighted by molar-refractivity contribution is 5.97. The molecule has 0 saturated carbocycles. The Balaban J connectivity index is 2.69. The van der Waals surface area contributed by atoms with Gasteiger partial charge in [-0.1, -0.05) is 12.2 Å². The van der Waals surface area contributed by atoms with Crippen LogP contribution < -0.4 is 11.1 Å². The van der Waals surface area contributed by atoms with Gasteiger partial charge in [-0.15, -0.1) is 0 Å². The average Bonchev–Trinajstić information content (AvgIpc) is 2.41. The van der Waals surface area contributed by atoms with Gasteiger partial charge in [0.15, 0.2) is 5.69 Å². The van der Waals surface area contributed by atoms with Crippen LogP contribution in [-0.2, 0) is 7.05 Å². The van der Waals surface area contributed by atoms with Gasteiger partial charge in [-0.25, -0.2) is 0 Å². The minimum absolute atomic E-state index is 0.258. The van der Waals surface area contributed by atoms with Crippen LogP contribution in [0, 0.1) is 0 Å². The molecule has 1 heterocycles. The maximum atomic E-state index is 11.5. The van der Waals surface area contributed by atoms with Crippen LogP contribution in [0.2, 0.25) is 0 Å². The van der Waals surface area contributed by atoms with E-state index in [0.29, 0.717) is 12.2 Å². The maximum absolute atomic E-state index is 11.5. The molecular weight excluding hydrogens is 180 g/mol. The molecule has 0 bridgehead atoms. The van der Waals surface area contributed by atoms with E-state index in [-0.39, 0.29) is 11.6 Å². The van der Waals surface area contributed by atoms with E-state index in [1.807, 2.05) is 6.92 Å². The fourth-order valence-corrected chi connectivity index (χ4v) is 0.998. The number of aryl methyl sites for hydroxylation is 1. The van der Waals surface area contributed by atoms with E-state index in [0.717, 1.165) is 5.57 Å². The van der Waals surface area contributed by atoms with Crippen LogP contribution in [0.5, 0.6) is 0 Å². The number of nitrogen functional groups attached to an aromatic ring is 1. The van der Waals surface area contributed by atoms with Crippen molar-refractivity contribution in [2.75, 3.05) is 12.3 Å². The van der Waals surface area contributed by atoms with Gasteiger partial charge in [-0.3, -0.25) is 9.48 Å². The van der Waals surface area contributed by atoms with Crippen molar-refractivity contribution in [3.8, 4) is 0 Å². The molecule has 1 rings (SSSR count). The van der Waals surface area contributed by atoms with Crippen molar-refractivity contribution < 1.29 is 4.79 Å². The SMILES string of the molecule is C=C(C)CNC(=O)c1nn(C)cc1N. The number of carbonyl (C=O) groups excluding carboxylic acids is 1. The second-order valence-corrected chi connectivity index (χ2v) is 3.25. The standard InChI is InChI=1S/C9H14N4O/c1-6(2)4-11-9(14)8-7(10)5-13(3)12-8/h5H,1,4,10H2,2-3H3,(H,11,14). The van der Waals surface area contributed by atoms with E-state index in [2.05, 4.69) is 17.0 Å². The molecule has 0 aliphatic heterocycles. The molecule has 14 heavy (non-hydrogen) atoms. The first-order valence-corrected chi connectivity index (χ1v) is 4.22. The number of carbonyl (C=O) groups is 1. The van der Waals surface area contributed by atoms with Crippen molar-refractivity contribution in [3.63, 3.8) is 0 Å². The number of nitrogens with one attached hydrogen (secondary N) is 1. The lowest BCUT2D eigenvalue weighted by molar-refractivity contribution is 0.0952. The minimum Gasteiger partial charge on any atom is -0.396 e. The number of aromatic nitrogens is 2. The monoisotopic (exact) mass is 194 g/mol. The van der Waals surface area contributed by atoms with Gasteiger partial charge >= 0.3 is 0 Å². The highest BCUT2D eigenvalue weighted by atomic mass is 16.1. The molecule has 1 aromatic heterocycles. The summed E-state index contributed by atoms with van der Waals surface area (Å²) in [6.07, 6.45) is 1.59. The molecular formula is C9H14N4O. The Morgan fingerprint density at radius 2 is 2.43 bits per heavy atom. The van der Waals surface area contributed by atoms with E-state index in [4.69, 9.17) is 5.73 Å². The Morgan fingerprint density at radius 1 is 1.79 bits per heavy atom. The summed E-state index contributed by atoms with van der Waals surface area (Å²) in [5.41, 5.74) is 7.10. The van der Waals surface area contributed by atoms with Crippen molar-refractivity contribution in [1.82, 2.24) is 15.1 Å². The summed E-state index contributed by atoms with van der Waals surface area (Å²) in [6, 6.07) is 0. The quantitative estimate of drug-likeness (QED) is 0.680. The molecule has 0 atom stereocenters. The molecule has 1 amide bonds. The third kappa shape index (κ3) is 2.35. The van der Waals surface area contributed by atoms with E-state index < -0.39 is 0 Å². The molecule has 0 aliphatic rings. The fourth-order valence-electron chi connectivity index (χ4n) is 0.998. The summed E-state index contributed by atoms with van der Waals surface area (Å²) < 4.78 is 1.50. The molecule has 0 spiro atoms.